The highest BCUT2D eigenvalue weighted by Gasteiger charge is 2.57. The van der Waals surface area contributed by atoms with Gasteiger partial charge >= 0.3 is 18.2 Å². The first-order valence-corrected chi connectivity index (χ1v) is 17.7. The minimum absolute atomic E-state index is 0.113. The monoisotopic (exact) mass is 670 g/mol. The number of amides is 1. The summed E-state index contributed by atoms with van der Waals surface area (Å²) in [5.74, 6) is 1.21. The van der Waals surface area contributed by atoms with Crippen LogP contribution in [-0.4, -0.2) is 48.1 Å². The lowest BCUT2D eigenvalue weighted by Gasteiger charge is -2.57. The van der Waals surface area contributed by atoms with Crippen LogP contribution in [0.5, 0.6) is 0 Å². The molecule has 1 aromatic heterocycles. The highest BCUT2D eigenvalue weighted by molar-refractivity contribution is 5.83. The fourth-order valence-corrected chi connectivity index (χ4v) is 9.14. The largest absolute Gasteiger partial charge is 0.508 e. The molecule has 2 aromatic rings. The van der Waals surface area contributed by atoms with Crippen molar-refractivity contribution in [1.29, 1.82) is 0 Å². The Hall–Kier alpha value is -4.14. The van der Waals surface area contributed by atoms with Crippen molar-refractivity contribution in [3.8, 4) is 0 Å². The lowest BCUT2D eigenvalue weighted by Crippen LogP contribution is -2.50. The van der Waals surface area contributed by atoms with Crippen LogP contribution in [-0.2, 0) is 23.7 Å². The fourth-order valence-electron chi connectivity index (χ4n) is 9.14. The molecule has 0 spiro atoms. The lowest BCUT2D eigenvalue weighted by atomic mass is 9.47. The van der Waals surface area contributed by atoms with Gasteiger partial charge in [-0.1, -0.05) is 68.0 Å². The molecule has 0 aliphatic heterocycles. The van der Waals surface area contributed by atoms with Crippen LogP contribution in [0.2, 0.25) is 0 Å². The van der Waals surface area contributed by atoms with E-state index in [9.17, 15) is 14.4 Å². The predicted octanol–water partition coefficient (Wildman–Crippen LogP) is 8.37. The Morgan fingerprint density at radius 2 is 1.67 bits per heavy atom. The topological polar surface area (TPSA) is 113 Å². The zero-order valence-corrected chi connectivity index (χ0v) is 29.4. The molecule has 2 fully saturated rings. The molecule has 4 aliphatic rings. The number of nitrogens with one attached hydrogen (secondary N) is 1. The van der Waals surface area contributed by atoms with Crippen LogP contribution < -0.4 is 5.32 Å². The summed E-state index contributed by atoms with van der Waals surface area (Å²) >= 11 is 0. The summed E-state index contributed by atoms with van der Waals surface area (Å²) in [6, 6.07) is 11.9. The summed E-state index contributed by atoms with van der Waals surface area (Å²) in [5.41, 5.74) is 4.26. The lowest BCUT2D eigenvalue weighted by molar-refractivity contribution is -0.147. The molecule has 1 aromatic carbocycles. The molecule has 1 amide bonds. The second-order valence-corrected chi connectivity index (χ2v) is 15.5. The van der Waals surface area contributed by atoms with Gasteiger partial charge in [-0.05, 0) is 111 Å². The standard InChI is InChI=1S/C40H50N2O7/c1-38(2,3)49-36(44)42-34(26-10-7-6-8-11-26)35(43)46-22-23-47-37(45)48-29-17-19-39(4)28(24-29)13-14-30-32-16-15-31(27-12-9-21-41-25-27)40(32,5)20-18-33(30)39/h6-13,15,21,25,29-30,32-34H,14,16-20,22-24H2,1-5H3,(H,42,44)/t29-,30-,32-,33-,34-,39-,40+/m0/s1. The van der Waals surface area contributed by atoms with Crippen molar-refractivity contribution in [2.75, 3.05) is 13.2 Å². The Kier molecular flexibility index (Phi) is 9.92. The number of hydrogen-bond acceptors (Lipinski definition) is 8. The van der Waals surface area contributed by atoms with Crippen molar-refractivity contribution >= 4 is 23.8 Å². The molecule has 0 radical (unpaired) electrons. The molecular formula is C40H50N2O7. The molecule has 7 atom stereocenters. The zero-order valence-electron chi connectivity index (χ0n) is 29.4. The van der Waals surface area contributed by atoms with Crippen LogP contribution in [0.3, 0.4) is 0 Å². The Morgan fingerprint density at radius 1 is 0.918 bits per heavy atom. The number of carbonyl (C=O) groups is 3. The molecule has 1 heterocycles. The quantitative estimate of drug-likeness (QED) is 0.129. The van der Waals surface area contributed by atoms with Crippen molar-refractivity contribution in [3.05, 3.63) is 83.7 Å². The van der Waals surface area contributed by atoms with Crippen LogP contribution >= 0.6 is 0 Å². The molecule has 0 bridgehead atoms. The third-order valence-electron chi connectivity index (χ3n) is 11.5. The fraction of sp³-hybridized carbons (Fsp3) is 0.550. The number of benzene rings is 1. The minimum atomic E-state index is -1.08. The normalized spacial score (nSPS) is 29.5. The van der Waals surface area contributed by atoms with Gasteiger partial charge in [0.05, 0.1) is 0 Å². The molecule has 49 heavy (non-hydrogen) atoms. The molecule has 1 N–H and O–H groups in total. The van der Waals surface area contributed by atoms with Gasteiger partial charge in [0.1, 0.15) is 24.9 Å². The number of ether oxygens (including phenoxy) is 4. The highest BCUT2D eigenvalue weighted by Crippen LogP contribution is 2.66. The van der Waals surface area contributed by atoms with Crippen molar-refractivity contribution in [3.63, 3.8) is 0 Å². The van der Waals surface area contributed by atoms with E-state index in [1.807, 2.05) is 24.5 Å². The smallest absolute Gasteiger partial charge is 0.460 e. The van der Waals surface area contributed by atoms with Crippen LogP contribution in [0.1, 0.15) is 96.7 Å². The molecule has 262 valence electrons. The van der Waals surface area contributed by atoms with Crippen molar-refractivity contribution in [1.82, 2.24) is 10.3 Å². The number of allylic oxidation sites excluding steroid dienone is 3. The average Bonchev–Trinajstić information content (AvgIpc) is 3.43. The predicted molar refractivity (Wildman–Crippen MR) is 185 cm³/mol. The van der Waals surface area contributed by atoms with E-state index in [-0.39, 0.29) is 30.1 Å². The van der Waals surface area contributed by atoms with Gasteiger partial charge in [-0.2, -0.15) is 0 Å². The SMILES string of the molecule is CC(C)(C)OC(=O)N[C@H](C(=O)OCCOC(=O)O[C@H]1CC[C@@]2(C)C(=CC[C@@H]3[C@@H]2CC[C@]2(C)C(c4cccnc4)=CC[C@@H]32)C1)c1ccccc1. The van der Waals surface area contributed by atoms with Crippen molar-refractivity contribution < 1.29 is 33.3 Å². The molecule has 9 nitrogen and oxygen atoms in total. The van der Waals surface area contributed by atoms with Gasteiger partial charge in [-0.3, -0.25) is 4.98 Å². The maximum Gasteiger partial charge on any atom is 0.508 e. The number of esters is 1. The molecule has 9 heteroatoms. The number of carbonyl (C=O) groups excluding carboxylic acids is 3. The van der Waals surface area contributed by atoms with Crippen LogP contribution in [0.25, 0.3) is 5.57 Å². The summed E-state index contributed by atoms with van der Waals surface area (Å²) in [6.07, 6.45) is 14.1. The van der Waals surface area contributed by atoms with E-state index in [1.54, 1.807) is 45.0 Å². The van der Waals surface area contributed by atoms with Crippen LogP contribution in [0.15, 0.2) is 72.6 Å². The highest BCUT2D eigenvalue weighted by atomic mass is 16.7. The van der Waals surface area contributed by atoms with Gasteiger partial charge in [-0.15, -0.1) is 0 Å². The number of alkyl carbamates (subject to hydrolysis) is 1. The van der Waals surface area contributed by atoms with E-state index >= 15 is 0 Å². The number of hydrogen-bond donors (Lipinski definition) is 1. The number of fused-ring (bicyclic) bond motifs is 5. The van der Waals surface area contributed by atoms with E-state index in [0.717, 1.165) is 32.1 Å². The van der Waals surface area contributed by atoms with E-state index < -0.39 is 29.9 Å². The first-order valence-electron chi connectivity index (χ1n) is 17.7. The van der Waals surface area contributed by atoms with E-state index in [2.05, 4.69) is 42.4 Å². The number of rotatable bonds is 8. The summed E-state index contributed by atoms with van der Waals surface area (Å²) in [6.45, 7) is 9.79. The Morgan fingerprint density at radius 3 is 2.41 bits per heavy atom. The summed E-state index contributed by atoms with van der Waals surface area (Å²) in [5, 5.41) is 2.58. The molecule has 0 unspecified atom stereocenters. The van der Waals surface area contributed by atoms with Gasteiger partial charge in [0.15, 0.2) is 6.04 Å². The molecule has 0 saturated heterocycles. The molecule has 4 aliphatic carbocycles. The molecule has 2 saturated carbocycles. The molecule has 6 rings (SSSR count). The van der Waals surface area contributed by atoms with Crippen LogP contribution in [0, 0.1) is 28.6 Å². The van der Waals surface area contributed by atoms with Gasteiger partial charge in [0.25, 0.3) is 0 Å². The number of nitrogens with zero attached hydrogens (tertiary/aromatic N) is 1. The van der Waals surface area contributed by atoms with Crippen molar-refractivity contribution in [2.24, 2.45) is 28.6 Å². The zero-order chi connectivity index (χ0) is 34.8. The van der Waals surface area contributed by atoms with Crippen molar-refractivity contribution in [2.45, 2.75) is 97.3 Å². The third kappa shape index (κ3) is 7.41. The first-order chi connectivity index (χ1) is 23.4. The summed E-state index contributed by atoms with van der Waals surface area (Å²) < 4.78 is 21.8. The van der Waals surface area contributed by atoms with Gasteiger partial charge < -0.3 is 24.3 Å². The van der Waals surface area contributed by atoms with Gasteiger partial charge in [0, 0.05) is 18.8 Å². The minimum Gasteiger partial charge on any atom is -0.460 e. The third-order valence-corrected chi connectivity index (χ3v) is 11.5. The van der Waals surface area contributed by atoms with Crippen LogP contribution in [0.4, 0.5) is 9.59 Å². The second kappa shape index (κ2) is 14.0. The Labute approximate surface area is 289 Å². The Balaban J connectivity index is 0.988. The maximum atomic E-state index is 13.0. The van der Waals surface area contributed by atoms with Gasteiger partial charge in [-0.25, -0.2) is 14.4 Å². The summed E-state index contributed by atoms with van der Waals surface area (Å²) in [4.78, 5) is 42.4. The molecular weight excluding hydrogens is 620 g/mol. The number of aromatic nitrogens is 1. The Bertz CT molecular complexity index is 1580. The average molecular weight is 671 g/mol. The maximum absolute atomic E-state index is 13.0. The summed E-state index contributed by atoms with van der Waals surface area (Å²) in [7, 11) is 0. The van der Waals surface area contributed by atoms with Gasteiger partial charge in [0.2, 0.25) is 0 Å². The second-order valence-electron chi connectivity index (χ2n) is 15.5. The first kappa shape index (κ1) is 34.7. The van der Waals surface area contributed by atoms with E-state index in [1.165, 1.54) is 29.6 Å². The van der Waals surface area contributed by atoms with E-state index in [4.69, 9.17) is 18.9 Å². The van der Waals surface area contributed by atoms with E-state index in [0.29, 0.717) is 23.3 Å². The number of pyridine rings is 1.